The first-order valence-corrected chi connectivity index (χ1v) is 10.2. The summed E-state index contributed by atoms with van der Waals surface area (Å²) in [6, 6.07) is 10.2. The number of rotatable bonds is 9. The highest BCUT2D eigenvalue weighted by molar-refractivity contribution is 7.11. The summed E-state index contributed by atoms with van der Waals surface area (Å²) in [5.74, 6) is -0.339. The number of halogens is 1. The van der Waals surface area contributed by atoms with Crippen molar-refractivity contribution >= 4 is 23.2 Å². The molecule has 2 amide bonds. The van der Waals surface area contributed by atoms with Crippen LogP contribution in [0.2, 0.25) is 0 Å². The van der Waals surface area contributed by atoms with Crippen LogP contribution >= 0.6 is 11.3 Å². The molecule has 0 spiro atoms. The van der Waals surface area contributed by atoms with Gasteiger partial charge in [0.05, 0.1) is 6.54 Å². The molecule has 0 atom stereocenters. The fourth-order valence-corrected chi connectivity index (χ4v) is 3.95. The molecule has 3 rings (SSSR count). The predicted octanol–water partition coefficient (Wildman–Crippen LogP) is 4.15. The quantitative estimate of drug-likeness (QED) is 0.594. The fourth-order valence-electron chi connectivity index (χ4n) is 3.04. The number of hydrogen-bond acceptors (Lipinski definition) is 3. The van der Waals surface area contributed by atoms with Gasteiger partial charge in [0.15, 0.2) is 0 Å². The Morgan fingerprint density at radius 2 is 1.86 bits per heavy atom. The van der Waals surface area contributed by atoms with E-state index in [0.717, 1.165) is 23.3 Å². The van der Waals surface area contributed by atoms with Crippen molar-refractivity contribution in [2.24, 2.45) is 5.92 Å². The van der Waals surface area contributed by atoms with Gasteiger partial charge in [-0.15, -0.1) is 17.9 Å². The lowest BCUT2D eigenvalue weighted by atomic mass is 10.2. The Morgan fingerprint density at radius 1 is 1.14 bits per heavy atom. The van der Waals surface area contributed by atoms with E-state index in [0.29, 0.717) is 19.6 Å². The minimum Gasteiger partial charge on any atom is -0.332 e. The Morgan fingerprint density at radius 3 is 2.43 bits per heavy atom. The first kappa shape index (κ1) is 20.3. The molecule has 0 unspecified atom stereocenters. The van der Waals surface area contributed by atoms with Crippen molar-refractivity contribution in [3.63, 3.8) is 0 Å². The molecule has 1 fully saturated rings. The van der Waals surface area contributed by atoms with Gasteiger partial charge >= 0.3 is 0 Å². The summed E-state index contributed by atoms with van der Waals surface area (Å²) in [5, 5.41) is 0. The fraction of sp³-hybridized carbons (Fsp3) is 0.364. The second-order valence-electron chi connectivity index (χ2n) is 7.17. The number of aryl methyl sites for hydroxylation is 1. The van der Waals surface area contributed by atoms with Crippen LogP contribution in [-0.4, -0.2) is 34.7 Å². The van der Waals surface area contributed by atoms with E-state index in [1.54, 1.807) is 39.3 Å². The monoisotopic (exact) mass is 400 g/mol. The summed E-state index contributed by atoms with van der Waals surface area (Å²) in [7, 11) is 0. The first-order chi connectivity index (χ1) is 13.5. The first-order valence-electron chi connectivity index (χ1n) is 9.43. The Hall–Kier alpha value is -2.47. The van der Waals surface area contributed by atoms with E-state index in [1.807, 2.05) is 19.1 Å². The number of thiophene rings is 1. The molecule has 6 heteroatoms. The third-order valence-electron chi connectivity index (χ3n) is 4.70. The predicted molar refractivity (Wildman–Crippen MR) is 109 cm³/mol. The molecule has 4 nitrogen and oxygen atoms in total. The summed E-state index contributed by atoms with van der Waals surface area (Å²) < 4.78 is 13.2. The molecule has 1 aliphatic rings. The largest absolute Gasteiger partial charge is 0.332 e. The Labute approximate surface area is 169 Å². The molecule has 0 aliphatic heterocycles. The van der Waals surface area contributed by atoms with Crippen LogP contribution in [-0.2, 0) is 22.7 Å². The summed E-state index contributed by atoms with van der Waals surface area (Å²) >= 11 is 1.65. The van der Waals surface area contributed by atoms with Crippen molar-refractivity contribution in [3.8, 4) is 0 Å². The molecule has 1 heterocycles. The molecular formula is C22H25FN2O2S. The van der Waals surface area contributed by atoms with Crippen molar-refractivity contribution in [2.45, 2.75) is 32.9 Å². The van der Waals surface area contributed by atoms with Crippen LogP contribution in [0.15, 0.2) is 49.1 Å². The minimum atomic E-state index is -0.303. The van der Waals surface area contributed by atoms with Crippen LogP contribution in [0.25, 0.3) is 0 Å². The van der Waals surface area contributed by atoms with Gasteiger partial charge in [0.2, 0.25) is 11.8 Å². The van der Waals surface area contributed by atoms with E-state index in [4.69, 9.17) is 0 Å². The van der Waals surface area contributed by atoms with Crippen LogP contribution in [0, 0.1) is 18.7 Å². The van der Waals surface area contributed by atoms with E-state index in [-0.39, 0.29) is 30.1 Å². The lowest BCUT2D eigenvalue weighted by Gasteiger charge is -2.27. The molecule has 0 radical (unpaired) electrons. The molecule has 1 aromatic heterocycles. The number of benzene rings is 1. The Kier molecular flexibility index (Phi) is 6.62. The van der Waals surface area contributed by atoms with Crippen molar-refractivity contribution in [1.29, 1.82) is 0 Å². The summed E-state index contributed by atoms with van der Waals surface area (Å²) in [6.45, 7) is 6.97. The van der Waals surface area contributed by atoms with Crippen LogP contribution in [0.1, 0.15) is 28.2 Å². The normalized spacial score (nSPS) is 13.2. The minimum absolute atomic E-state index is 0.0296. The Bertz CT molecular complexity index is 842. The third kappa shape index (κ3) is 5.52. The number of carbonyl (C=O) groups is 2. The highest BCUT2D eigenvalue weighted by atomic mass is 32.1. The van der Waals surface area contributed by atoms with Crippen molar-refractivity contribution in [3.05, 3.63) is 70.2 Å². The van der Waals surface area contributed by atoms with Crippen LogP contribution < -0.4 is 0 Å². The van der Waals surface area contributed by atoms with Gasteiger partial charge < -0.3 is 9.80 Å². The van der Waals surface area contributed by atoms with E-state index >= 15 is 0 Å². The molecular weight excluding hydrogens is 375 g/mol. The lowest BCUT2D eigenvalue weighted by molar-refractivity contribution is -0.141. The number of carbonyl (C=O) groups excluding carboxylic acids is 2. The molecule has 0 bridgehead atoms. The smallest absolute Gasteiger partial charge is 0.242 e. The zero-order chi connectivity index (χ0) is 20.1. The molecule has 2 aromatic rings. The molecule has 1 aliphatic carbocycles. The molecule has 1 saturated carbocycles. The molecule has 0 N–H and O–H groups in total. The van der Waals surface area contributed by atoms with Gasteiger partial charge in [0, 0.05) is 28.8 Å². The summed E-state index contributed by atoms with van der Waals surface area (Å²) in [6.07, 6.45) is 3.45. The maximum absolute atomic E-state index is 13.2. The van der Waals surface area contributed by atoms with Crippen molar-refractivity contribution < 1.29 is 14.0 Å². The topological polar surface area (TPSA) is 40.6 Å². The van der Waals surface area contributed by atoms with E-state index in [1.165, 1.54) is 17.0 Å². The Balaban J connectivity index is 1.75. The molecule has 1 aromatic carbocycles. The average Bonchev–Trinajstić information content (AvgIpc) is 3.44. The summed E-state index contributed by atoms with van der Waals surface area (Å²) in [4.78, 5) is 31.1. The third-order valence-corrected chi connectivity index (χ3v) is 5.68. The molecule has 148 valence electrons. The van der Waals surface area contributed by atoms with Crippen LogP contribution in [0.3, 0.4) is 0 Å². The van der Waals surface area contributed by atoms with E-state index in [9.17, 15) is 14.0 Å². The highest BCUT2D eigenvalue weighted by Gasteiger charge is 2.34. The maximum atomic E-state index is 13.2. The van der Waals surface area contributed by atoms with E-state index < -0.39 is 0 Å². The van der Waals surface area contributed by atoms with E-state index in [2.05, 4.69) is 6.58 Å². The SMILES string of the molecule is C=CCN(CC(=O)N(Cc1ccc(F)cc1)Cc1ccc(C)s1)C(=O)C1CC1. The number of amides is 2. The number of nitrogens with zero attached hydrogens (tertiary/aromatic N) is 2. The summed E-state index contributed by atoms with van der Waals surface area (Å²) in [5.41, 5.74) is 0.854. The van der Waals surface area contributed by atoms with Gasteiger partial charge in [-0.25, -0.2) is 4.39 Å². The zero-order valence-corrected chi connectivity index (χ0v) is 16.9. The second-order valence-corrected chi connectivity index (χ2v) is 8.54. The maximum Gasteiger partial charge on any atom is 0.242 e. The average molecular weight is 401 g/mol. The standard InChI is InChI=1S/C22H25FN2O2S/c1-3-12-24(22(27)18-7-8-18)15-21(26)25(14-20-11-4-16(2)28-20)13-17-5-9-19(23)10-6-17/h3-6,9-11,18H,1,7-8,12-15H2,2H3. The van der Waals surface area contributed by atoms with Gasteiger partial charge in [-0.05, 0) is 49.6 Å². The zero-order valence-electron chi connectivity index (χ0n) is 16.1. The number of hydrogen-bond donors (Lipinski definition) is 0. The van der Waals surface area contributed by atoms with Crippen molar-refractivity contribution in [2.75, 3.05) is 13.1 Å². The van der Waals surface area contributed by atoms with Gasteiger partial charge in [0.1, 0.15) is 12.4 Å². The second kappa shape index (κ2) is 9.15. The van der Waals surface area contributed by atoms with Gasteiger partial charge in [0.25, 0.3) is 0 Å². The van der Waals surface area contributed by atoms with Gasteiger partial charge in [-0.2, -0.15) is 0 Å². The molecule has 0 saturated heterocycles. The van der Waals surface area contributed by atoms with Crippen LogP contribution in [0.4, 0.5) is 4.39 Å². The van der Waals surface area contributed by atoms with Crippen molar-refractivity contribution in [1.82, 2.24) is 9.80 Å². The lowest BCUT2D eigenvalue weighted by Crippen LogP contribution is -2.43. The van der Waals surface area contributed by atoms with Crippen LogP contribution in [0.5, 0.6) is 0 Å². The van der Waals surface area contributed by atoms with Gasteiger partial charge in [-0.1, -0.05) is 18.2 Å². The highest BCUT2D eigenvalue weighted by Crippen LogP contribution is 2.31. The van der Waals surface area contributed by atoms with Gasteiger partial charge in [-0.3, -0.25) is 9.59 Å². The molecule has 28 heavy (non-hydrogen) atoms.